The van der Waals surface area contributed by atoms with E-state index in [4.69, 9.17) is 5.84 Å². The number of carbonyl (C=O) groups excluding carboxylic acids is 2. The lowest BCUT2D eigenvalue weighted by atomic mass is 10.1. The van der Waals surface area contributed by atoms with Crippen LogP contribution in [0.4, 0.5) is 10.5 Å². The van der Waals surface area contributed by atoms with E-state index in [1.54, 1.807) is 6.07 Å². The summed E-state index contributed by atoms with van der Waals surface area (Å²) in [4.78, 5) is 24.3. The topological polar surface area (TPSA) is 87.5 Å². The highest BCUT2D eigenvalue weighted by molar-refractivity contribution is 6.18. The number of carbonyl (C=O) groups is 2. The van der Waals surface area contributed by atoms with Gasteiger partial charge < -0.3 is 5.32 Å². The van der Waals surface area contributed by atoms with Crippen molar-refractivity contribution in [2.75, 3.05) is 18.5 Å². The molecule has 1 aliphatic heterocycles. The molecule has 1 heterocycles. The van der Waals surface area contributed by atoms with Gasteiger partial charge in [-0.3, -0.25) is 10.2 Å². The summed E-state index contributed by atoms with van der Waals surface area (Å²) in [6.07, 6.45) is 1.14. The predicted octanol–water partition coefficient (Wildman–Crippen LogP) is -0.0791. The second kappa shape index (κ2) is 5.16. The van der Waals surface area contributed by atoms with Crippen molar-refractivity contribution >= 4 is 17.6 Å². The van der Waals surface area contributed by atoms with Gasteiger partial charge in [0.05, 0.1) is 12.1 Å². The molecule has 4 N–H and O–H groups in total. The van der Waals surface area contributed by atoms with Gasteiger partial charge >= 0.3 is 6.03 Å². The number of urea groups is 1. The van der Waals surface area contributed by atoms with Crippen LogP contribution in [0.1, 0.15) is 11.1 Å². The predicted molar refractivity (Wildman–Crippen MR) is 68.0 cm³/mol. The summed E-state index contributed by atoms with van der Waals surface area (Å²) in [6.45, 7) is 0.875. The summed E-state index contributed by atoms with van der Waals surface area (Å²) in [5, 5.41) is 3.07. The molecule has 0 aliphatic carbocycles. The molecule has 0 fully saturated rings. The Kier molecular flexibility index (Phi) is 3.59. The van der Waals surface area contributed by atoms with Crippen molar-refractivity contribution in [3.63, 3.8) is 0 Å². The number of imide groups is 1. The lowest BCUT2D eigenvalue weighted by Gasteiger charge is -2.14. The third kappa shape index (κ3) is 2.20. The van der Waals surface area contributed by atoms with Crippen LogP contribution >= 0.6 is 0 Å². The number of rotatable bonds is 3. The van der Waals surface area contributed by atoms with Crippen molar-refractivity contribution in [2.24, 2.45) is 5.84 Å². The number of likely N-dealkylation sites (N-methyl/N-ethyl adjacent to an activating group) is 1. The molecule has 6 nitrogen and oxygen atoms in total. The van der Waals surface area contributed by atoms with Crippen molar-refractivity contribution in [3.05, 3.63) is 29.3 Å². The first-order valence-corrected chi connectivity index (χ1v) is 5.77. The SMILES string of the molecule is CNCCc1ccc2c(c1)CC(=O)N2C(=O)NN. The van der Waals surface area contributed by atoms with Crippen LogP contribution in [0.5, 0.6) is 0 Å². The number of hydrazine groups is 1. The zero-order chi connectivity index (χ0) is 13.1. The molecule has 1 aliphatic rings. The molecule has 0 bridgehead atoms. The first kappa shape index (κ1) is 12.5. The number of fused-ring (bicyclic) bond motifs is 1. The Hall–Kier alpha value is -1.92. The summed E-state index contributed by atoms with van der Waals surface area (Å²) in [7, 11) is 1.89. The van der Waals surface area contributed by atoms with E-state index >= 15 is 0 Å². The molecule has 0 aromatic heterocycles. The van der Waals surface area contributed by atoms with Gasteiger partial charge in [0.15, 0.2) is 0 Å². The fourth-order valence-corrected chi connectivity index (χ4v) is 2.09. The van der Waals surface area contributed by atoms with Crippen molar-refractivity contribution in [1.29, 1.82) is 0 Å². The van der Waals surface area contributed by atoms with Gasteiger partial charge in [-0.2, -0.15) is 0 Å². The van der Waals surface area contributed by atoms with Crippen LogP contribution in [-0.2, 0) is 17.6 Å². The molecule has 0 atom stereocenters. The Balaban J connectivity index is 2.26. The van der Waals surface area contributed by atoms with Gasteiger partial charge in [0.2, 0.25) is 5.91 Å². The van der Waals surface area contributed by atoms with Crippen molar-refractivity contribution in [3.8, 4) is 0 Å². The van der Waals surface area contributed by atoms with E-state index in [1.165, 1.54) is 0 Å². The van der Waals surface area contributed by atoms with Crippen LogP contribution in [-0.4, -0.2) is 25.5 Å². The van der Waals surface area contributed by atoms with Gasteiger partial charge in [0.25, 0.3) is 0 Å². The monoisotopic (exact) mass is 248 g/mol. The van der Waals surface area contributed by atoms with Gasteiger partial charge in [0, 0.05) is 0 Å². The normalized spacial score (nSPS) is 13.7. The molecule has 2 rings (SSSR count). The average Bonchev–Trinajstić information content (AvgIpc) is 2.70. The van der Waals surface area contributed by atoms with Crippen LogP contribution in [0.2, 0.25) is 0 Å². The molecule has 0 spiro atoms. The van der Waals surface area contributed by atoms with E-state index < -0.39 is 6.03 Å². The van der Waals surface area contributed by atoms with E-state index in [0.717, 1.165) is 29.0 Å². The third-order valence-electron chi connectivity index (χ3n) is 2.97. The Labute approximate surface area is 105 Å². The lowest BCUT2D eigenvalue weighted by molar-refractivity contribution is -0.116. The highest BCUT2D eigenvalue weighted by Gasteiger charge is 2.31. The Morgan fingerprint density at radius 2 is 2.28 bits per heavy atom. The fraction of sp³-hybridized carbons (Fsp3) is 0.333. The number of amides is 3. The number of nitrogens with zero attached hydrogens (tertiary/aromatic N) is 1. The minimum Gasteiger partial charge on any atom is -0.319 e. The number of hydrogen-bond acceptors (Lipinski definition) is 4. The van der Waals surface area contributed by atoms with E-state index in [2.05, 4.69) is 5.32 Å². The summed E-state index contributed by atoms with van der Waals surface area (Å²) in [5.41, 5.74) is 4.62. The number of hydrogen-bond donors (Lipinski definition) is 3. The molecule has 0 radical (unpaired) electrons. The molecule has 3 amide bonds. The quantitative estimate of drug-likeness (QED) is 0.397. The van der Waals surface area contributed by atoms with E-state index in [-0.39, 0.29) is 12.3 Å². The largest absolute Gasteiger partial charge is 0.342 e. The van der Waals surface area contributed by atoms with Crippen LogP contribution in [0.25, 0.3) is 0 Å². The van der Waals surface area contributed by atoms with E-state index in [9.17, 15) is 9.59 Å². The van der Waals surface area contributed by atoms with Crippen molar-refractivity contribution < 1.29 is 9.59 Å². The molecular weight excluding hydrogens is 232 g/mol. The maximum Gasteiger partial charge on any atom is 0.342 e. The molecule has 1 aromatic carbocycles. The summed E-state index contributed by atoms with van der Waals surface area (Å²) < 4.78 is 0. The highest BCUT2D eigenvalue weighted by atomic mass is 16.2. The molecule has 0 unspecified atom stereocenters. The molecule has 0 saturated carbocycles. The van der Waals surface area contributed by atoms with Crippen LogP contribution in [0, 0.1) is 0 Å². The summed E-state index contributed by atoms with van der Waals surface area (Å²) in [5.74, 6) is 4.81. The summed E-state index contributed by atoms with van der Waals surface area (Å²) in [6, 6.07) is 5.09. The minimum absolute atomic E-state index is 0.246. The Morgan fingerprint density at radius 3 is 2.94 bits per heavy atom. The first-order valence-electron chi connectivity index (χ1n) is 5.77. The van der Waals surface area contributed by atoms with Gasteiger partial charge in [-0.1, -0.05) is 12.1 Å². The van der Waals surface area contributed by atoms with Gasteiger partial charge in [-0.05, 0) is 37.2 Å². The zero-order valence-electron chi connectivity index (χ0n) is 10.2. The van der Waals surface area contributed by atoms with Crippen LogP contribution in [0.3, 0.4) is 0 Å². The van der Waals surface area contributed by atoms with Crippen LogP contribution < -0.4 is 21.5 Å². The van der Waals surface area contributed by atoms with Gasteiger partial charge in [0.1, 0.15) is 0 Å². The van der Waals surface area contributed by atoms with Gasteiger partial charge in [-0.25, -0.2) is 15.5 Å². The fourth-order valence-electron chi connectivity index (χ4n) is 2.09. The molecule has 1 aromatic rings. The molecular formula is C12H16N4O2. The molecule has 18 heavy (non-hydrogen) atoms. The Bertz CT molecular complexity index is 487. The Morgan fingerprint density at radius 1 is 1.50 bits per heavy atom. The molecule has 0 saturated heterocycles. The third-order valence-corrected chi connectivity index (χ3v) is 2.97. The second-order valence-electron chi connectivity index (χ2n) is 4.17. The number of nitrogens with two attached hydrogens (primary N) is 1. The highest BCUT2D eigenvalue weighted by Crippen LogP contribution is 2.29. The van der Waals surface area contributed by atoms with Gasteiger partial charge in [-0.15, -0.1) is 0 Å². The molecule has 6 heteroatoms. The summed E-state index contributed by atoms with van der Waals surface area (Å²) >= 11 is 0. The second-order valence-corrected chi connectivity index (χ2v) is 4.17. The van der Waals surface area contributed by atoms with E-state index in [0.29, 0.717) is 5.69 Å². The van der Waals surface area contributed by atoms with E-state index in [1.807, 2.05) is 24.6 Å². The number of benzene rings is 1. The maximum atomic E-state index is 11.8. The standard InChI is InChI=1S/C12H16N4O2/c1-14-5-4-8-2-3-10-9(6-8)7-11(17)16(10)12(18)15-13/h2-3,6,14H,4-5,7,13H2,1H3,(H,15,18). The smallest absolute Gasteiger partial charge is 0.319 e. The number of anilines is 1. The molecule has 96 valence electrons. The zero-order valence-corrected chi connectivity index (χ0v) is 10.2. The minimum atomic E-state index is -0.596. The van der Waals surface area contributed by atoms with Crippen molar-refractivity contribution in [1.82, 2.24) is 10.7 Å². The van der Waals surface area contributed by atoms with Crippen LogP contribution in [0.15, 0.2) is 18.2 Å². The first-order chi connectivity index (χ1) is 8.67. The number of nitrogens with one attached hydrogen (secondary N) is 2. The lowest BCUT2D eigenvalue weighted by Crippen LogP contribution is -2.45. The van der Waals surface area contributed by atoms with Crippen molar-refractivity contribution in [2.45, 2.75) is 12.8 Å². The maximum absolute atomic E-state index is 11.8. The average molecular weight is 248 g/mol.